The lowest BCUT2D eigenvalue weighted by atomic mass is 10.0. The summed E-state index contributed by atoms with van der Waals surface area (Å²) < 4.78 is 6.00. The molecule has 2 aromatic rings. The zero-order chi connectivity index (χ0) is 12.6. The van der Waals surface area contributed by atoms with Gasteiger partial charge in [0.1, 0.15) is 0 Å². The van der Waals surface area contributed by atoms with Gasteiger partial charge in [0.25, 0.3) is 0 Å². The van der Waals surface area contributed by atoms with Crippen LogP contribution in [0.15, 0.2) is 72.9 Å². The molecule has 0 saturated carbocycles. The van der Waals surface area contributed by atoms with E-state index in [1.807, 2.05) is 17.8 Å². The summed E-state index contributed by atoms with van der Waals surface area (Å²) in [4.78, 5) is 0. The van der Waals surface area contributed by atoms with Crippen molar-refractivity contribution in [2.24, 2.45) is 0 Å². The average Bonchev–Trinajstić information content (AvgIpc) is 2.45. The van der Waals surface area contributed by atoms with E-state index in [0.29, 0.717) is 0 Å². The summed E-state index contributed by atoms with van der Waals surface area (Å²) in [7, 11) is -0.622. The summed E-state index contributed by atoms with van der Waals surface area (Å²) in [6, 6.07) is 20.9. The van der Waals surface area contributed by atoms with Gasteiger partial charge in [-0.1, -0.05) is 66.4 Å². The molecule has 0 aliphatic heterocycles. The van der Waals surface area contributed by atoms with Gasteiger partial charge < -0.3 is 4.43 Å². The Labute approximate surface area is 111 Å². The highest BCUT2D eigenvalue weighted by Gasteiger charge is 2.11. The third-order valence-corrected chi connectivity index (χ3v) is 3.68. The first kappa shape index (κ1) is 12.8. The molecule has 0 aliphatic carbocycles. The first-order valence-corrected chi connectivity index (χ1v) is 7.61. The van der Waals surface area contributed by atoms with Crippen LogP contribution < -0.4 is 0 Å². The maximum absolute atomic E-state index is 6.00. The molecule has 2 rings (SSSR count). The molecule has 0 N–H and O–H groups in total. The van der Waals surface area contributed by atoms with Gasteiger partial charge in [-0.3, -0.25) is 0 Å². The van der Waals surface area contributed by atoms with E-state index >= 15 is 0 Å². The van der Waals surface area contributed by atoms with Crippen LogP contribution in [0.2, 0.25) is 0 Å². The second-order valence-corrected chi connectivity index (χ2v) is 5.46. The van der Waals surface area contributed by atoms with Crippen molar-refractivity contribution in [1.82, 2.24) is 0 Å². The van der Waals surface area contributed by atoms with Gasteiger partial charge in [-0.25, -0.2) is 0 Å². The number of hydrogen-bond donors (Lipinski definition) is 0. The molecule has 0 amide bonds. The molecule has 2 aromatic carbocycles. The SMILES string of the molecule is C=C[SiH2]OC(Cc1ccccc1)c1ccccc1. The lowest BCUT2D eigenvalue weighted by Gasteiger charge is -2.18. The van der Waals surface area contributed by atoms with Gasteiger partial charge in [-0.2, -0.15) is 0 Å². The third-order valence-electron chi connectivity index (χ3n) is 2.85. The third kappa shape index (κ3) is 3.69. The second-order valence-electron chi connectivity index (χ2n) is 4.21. The number of benzene rings is 2. The van der Waals surface area contributed by atoms with Crippen LogP contribution >= 0.6 is 0 Å². The molecule has 1 unspecified atom stereocenters. The van der Waals surface area contributed by atoms with Crippen LogP contribution in [0.5, 0.6) is 0 Å². The molecule has 1 atom stereocenters. The molecule has 0 bridgehead atoms. The summed E-state index contributed by atoms with van der Waals surface area (Å²) in [6.45, 7) is 3.77. The van der Waals surface area contributed by atoms with Crippen molar-refractivity contribution in [2.45, 2.75) is 12.5 Å². The molecule has 92 valence electrons. The fourth-order valence-electron chi connectivity index (χ4n) is 1.95. The maximum atomic E-state index is 6.00. The topological polar surface area (TPSA) is 9.23 Å². The molecule has 0 spiro atoms. The van der Waals surface area contributed by atoms with Crippen molar-refractivity contribution in [1.29, 1.82) is 0 Å². The van der Waals surface area contributed by atoms with Gasteiger partial charge in [0.2, 0.25) is 0 Å². The predicted octanol–water partition coefficient (Wildman–Crippen LogP) is 3.21. The highest BCUT2D eigenvalue weighted by Crippen LogP contribution is 2.21. The fourth-order valence-corrected chi connectivity index (χ4v) is 2.63. The summed E-state index contributed by atoms with van der Waals surface area (Å²) in [5.74, 6) is 0. The molecule has 2 heteroatoms. The smallest absolute Gasteiger partial charge is 0.185 e. The van der Waals surface area contributed by atoms with Gasteiger partial charge in [0, 0.05) is 6.42 Å². The van der Waals surface area contributed by atoms with E-state index in [1.165, 1.54) is 11.1 Å². The van der Waals surface area contributed by atoms with E-state index < -0.39 is 9.76 Å². The summed E-state index contributed by atoms with van der Waals surface area (Å²) in [5.41, 5.74) is 4.49. The average molecular weight is 254 g/mol. The van der Waals surface area contributed by atoms with E-state index in [1.54, 1.807) is 0 Å². The van der Waals surface area contributed by atoms with E-state index in [-0.39, 0.29) is 6.10 Å². The van der Waals surface area contributed by atoms with Gasteiger partial charge >= 0.3 is 0 Å². The lowest BCUT2D eigenvalue weighted by Crippen LogP contribution is -2.09. The molecule has 0 heterocycles. The zero-order valence-electron chi connectivity index (χ0n) is 10.5. The van der Waals surface area contributed by atoms with E-state index in [4.69, 9.17) is 4.43 Å². The molecule has 0 saturated heterocycles. The van der Waals surface area contributed by atoms with Crippen LogP contribution in [-0.4, -0.2) is 9.76 Å². The Morgan fingerprint density at radius 1 is 1.00 bits per heavy atom. The van der Waals surface area contributed by atoms with Crippen LogP contribution in [0, 0.1) is 0 Å². The number of hydrogen-bond acceptors (Lipinski definition) is 1. The normalized spacial score (nSPS) is 12.7. The lowest BCUT2D eigenvalue weighted by molar-refractivity contribution is 0.221. The van der Waals surface area contributed by atoms with Gasteiger partial charge in [-0.15, -0.1) is 6.58 Å². The molecular weight excluding hydrogens is 236 g/mol. The minimum absolute atomic E-state index is 0.151. The minimum Gasteiger partial charge on any atom is -0.412 e. The minimum atomic E-state index is -0.622. The second kappa shape index (κ2) is 6.94. The fraction of sp³-hybridized carbons (Fsp3) is 0.125. The Balaban J connectivity index is 2.13. The van der Waals surface area contributed by atoms with Gasteiger partial charge in [0.05, 0.1) is 6.10 Å². The Morgan fingerprint density at radius 3 is 2.22 bits per heavy atom. The van der Waals surface area contributed by atoms with E-state index in [9.17, 15) is 0 Å². The van der Waals surface area contributed by atoms with Crippen LogP contribution in [0.4, 0.5) is 0 Å². The largest absolute Gasteiger partial charge is 0.412 e. The Kier molecular flexibility index (Phi) is 4.94. The predicted molar refractivity (Wildman–Crippen MR) is 79.2 cm³/mol. The van der Waals surface area contributed by atoms with Gasteiger partial charge in [-0.05, 0) is 11.1 Å². The number of rotatable bonds is 6. The standard InChI is InChI=1S/C16H18OSi/c1-2-18-17-16(15-11-7-4-8-12-15)13-14-9-5-3-6-10-14/h2-12,16H,1,13,18H2. The van der Waals surface area contributed by atoms with Crippen LogP contribution in [0.25, 0.3) is 0 Å². The van der Waals surface area contributed by atoms with Gasteiger partial charge in [0.15, 0.2) is 9.76 Å². The van der Waals surface area contributed by atoms with Crippen molar-refractivity contribution in [3.8, 4) is 0 Å². The van der Waals surface area contributed by atoms with Crippen molar-refractivity contribution < 1.29 is 4.43 Å². The van der Waals surface area contributed by atoms with Crippen LogP contribution in [0.1, 0.15) is 17.2 Å². The van der Waals surface area contributed by atoms with Crippen LogP contribution in [-0.2, 0) is 10.8 Å². The molecule has 0 radical (unpaired) electrons. The summed E-state index contributed by atoms with van der Waals surface area (Å²) in [5, 5.41) is 0. The highest BCUT2D eigenvalue weighted by atomic mass is 28.2. The van der Waals surface area contributed by atoms with Crippen molar-refractivity contribution in [2.75, 3.05) is 0 Å². The quantitative estimate of drug-likeness (QED) is 0.719. The van der Waals surface area contributed by atoms with Crippen molar-refractivity contribution >= 4 is 9.76 Å². The van der Waals surface area contributed by atoms with Crippen molar-refractivity contribution in [3.63, 3.8) is 0 Å². The first-order chi connectivity index (χ1) is 8.90. The molecular formula is C16H18OSi. The molecule has 18 heavy (non-hydrogen) atoms. The van der Waals surface area contributed by atoms with Crippen LogP contribution in [0.3, 0.4) is 0 Å². The Morgan fingerprint density at radius 2 is 1.61 bits per heavy atom. The van der Waals surface area contributed by atoms with E-state index in [2.05, 4.69) is 55.1 Å². The molecule has 0 fully saturated rings. The Hall–Kier alpha value is -1.64. The highest BCUT2D eigenvalue weighted by molar-refractivity contribution is 6.34. The van der Waals surface area contributed by atoms with E-state index in [0.717, 1.165) is 6.42 Å². The molecule has 1 nitrogen and oxygen atoms in total. The summed E-state index contributed by atoms with van der Waals surface area (Å²) in [6.07, 6.45) is 1.07. The Bertz CT molecular complexity index is 467. The summed E-state index contributed by atoms with van der Waals surface area (Å²) >= 11 is 0. The molecule has 0 aliphatic rings. The van der Waals surface area contributed by atoms with Crippen molar-refractivity contribution in [3.05, 3.63) is 84.1 Å². The zero-order valence-corrected chi connectivity index (χ0v) is 11.9. The monoisotopic (exact) mass is 254 g/mol. The maximum Gasteiger partial charge on any atom is 0.185 e. The molecule has 0 aromatic heterocycles. The first-order valence-electron chi connectivity index (χ1n) is 6.21.